The zero-order chi connectivity index (χ0) is 21.7. The molecular weight excluding hydrogens is 402 g/mol. The molecule has 1 aliphatic heterocycles. The summed E-state index contributed by atoms with van der Waals surface area (Å²) in [5.74, 6) is 0.658. The van der Waals surface area contributed by atoms with E-state index in [1.807, 2.05) is 31.2 Å². The van der Waals surface area contributed by atoms with Gasteiger partial charge in [-0.3, -0.25) is 14.5 Å². The Hall–Kier alpha value is -3.19. The number of carbonyl (C=O) groups excluding carboxylic acids is 2. The molecule has 0 bridgehead atoms. The fourth-order valence-electron chi connectivity index (χ4n) is 2.97. The van der Waals surface area contributed by atoms with Gasteiger partial charge in [-0.1, -0.05) is 23.8 Å². The van der Waals surface area contributed by atoms with Crippen molar-refractivity contribution in [3.8, 4) is 17.2 Å². The highest BCUT2D eigenvalue weighted by molar-refractivity contribution is 8.18. The minimum Gasteiger partial charge on any atom is -0.504 e. The third-order valence-electron chi connectivity index (χ3n) is 4.54. The number of benzene rings is 2. The zero-order valence-corrected chi connectivity index (χ0v) is 17.7. The van der Waals surface area contributed by atoms with Crippen molar-refractivity contribution in [3.05, 3.63) is 70.6 Å². The highest BCUT2D eigenvalue weighted by atomic mass is 32.2. The molecule has 7 heteroatoms. The molecule has 0 saturated carbocycles. The summed E-state index contributed by atoms with van der Waals surface area (Å²) in [5, 5.41) is 9.87. The van der Waals surface area contributed by atoms with Gasteiger partial charge in [0.15, 0.2) is 11.5 Å². The highest BCUT2D eigenvalue weighted by Crippen LogP contribution is 2.36. The lowest BCUT2D eigenvalue weighted by atomic mass is 10.1. The number of thioether (sulfide) groups is 1. The number of hydrogen-bond donors (Lipinski definition) is 1. The van der Waals surface area contributed by atoms with Gasteiger partial charge in [0.2, 0.25) is 0 Å². The Balaban J connectivity index is 1.72. The predicted molar refractivity (Wildman–Crippen MR) is 118 cm³/mol. The molecule has 0 atom stereocenters. The van der Waals surface area contributed by atoms with Gasteiger partial charge < -0.3 is 14.6 Å². The SMILES string of the molecule is C=CCc1cc(/C=C2\SC(=O)N(CCOc3ccc(C)cc3)C2=O)cc(OC)c1O. The van der Waals surface area contributed by atoms with E-state index in [9.17, 15) is 14.7 Å². The lowest BCUT2D eigenvalue weighted by Gasteiger charge is -2.13. The summed E-state index contributed by atoms with van der Waals surface area (Å²) < 4.78 is 10.8. The standard InChI is InChI=1S/C23H23NO5S/c1-4-5-17-12-16(13-19(28-3)21(17)25)14-20-22(26)24(23(27)30-20)10-11-29-18-8-6-15(2)7-9-18/h4,6-9,12-14,25H,1,5,10-11H2,2-3H3/b20-14-. The predicted octanol–water partition coefficient (Wildman–Crippen LogP) is 4.55. The van der Waals surface area contributed by atoms with Crippen molar-refractivity contribution in [3.63, 3.8) is 0 Å². The number of amides is 2. The normalized spacial score (nSPS) is 15.0. The van der Waals surface area contributed by atoms with Crippen LogP contribution in [-0.2, 0) is 11.2 Å². The molecule has 2 aromatic rings. The number of phenolic OH excluding ortho intramolecular Hbond substituents is 1. The van der Waals surface area contributed by atoms with Crippen LogP contribution in [-0.4, -0.2) is 41.4 Å². The van der Waals surface area contributed by atoms with Crippen LogP contribution in [0.1, 0.15) is 16.7 Å². The van der Waals surface area contributed by atoms with Gasteiger partial charge in [0.1, 0.15) is 12.4 Å². The number of methoxy groups -OCH3 is 1. The number of carbonyl (C=O) groups is 2. The van der Waals surface area contributed by atoms with Crippen molar-refractivity contribution in [2.24, 2.45) is 0 Å². The summed E-state index contributed by atoms with van der Waals surface area (Å²) in [6.45, 7) is 6.05. The summed E-state index contributed by atoms with van der Waals surface area (Å²) in [6.07, 6.45) is 3.74. The third kappa shape index (κ3) is 4.86. The first-order valence-electron chi connectivity index (χ1n) is 9.38. The van der Waals surface area contributed by atoms with Crippen molar-refractivity contribution >= 4 is 29.0 Å². The molecule has 1 fully saturated rings. The first-order chi connectivity index (χ1) is 14.4. The maximum Gasteiger partial charge on any atom is 0.293 e. The van der Waals surface area contributed by atoms with Crippen molar-refractivity contribution in [2.75, 3.05) is 20.3 Å². The van der Waals surface area contributed by atoms with Crippen LogP contribution in [0.3, 0.4) is 0 Å². The Morgan fingerprint density at radius 2 is 1.93 bits per heavy atom. The minimum absolute atomic E-state index is 0.0379. The molecule has 3 rings (SSSR count). The van der Waals surface area contributed by atoms with E-state index in [1.54, 1.807) is 24.3 Å². The molecular formula is C23H23NO5S. The van der Waals surface area contributed by atoms with Gasteiger partial charge in [-0.2, -0.15) is 0 Å². The van der Waals surface area contributed by atoms with Crippen LogP contribution in [0.4, 0.5) is 4.79 Å². The van der Waals surface area contributed by atoms with E-state index >= 15 is 0 Å². The summed E-state index contributed by atoms with van der Waals surface area (Å²) in [5.41, 5.74) is 2.41. The van der Waals surface area contributed by atoms with Gasteiger partial charge in [0.25, 0.3) is 11.1 Å². The van der Waals surface area contributed by atoms with Crippen LogP contribution in [0.25, 0.3) is 6.08 Å². The molecule has 2 amide bonds. The average molecular weight is 426 g/mol. The Kier molecular flexibility index (Phi) is 6.84. The van der Waals surface area contributed by atoms with E-state index in [0.717, 1.165) is 17.3 Å². The quantitative estimate of drug-likeness (QED) is 0.494. The molecule has 2 aromatic carbocycles. The average Bonchev–Trinajstić information content (AvgIpc) is 2.99. The number of hydrogen-bond acceptors (Lipinski definition) is 6. The Labute approximate surface area is 179 Å². The molecule has 0 spiro atoms. The van der Waals surface area contributed by atoms with E-state index < -0.39 is 0 Å². The number of allylic oxidation sites excluding steroid dienone is 1. The number of nitrogens with zero attached hydrogens (tertiary/aromatic N) is 1. The largest absolute Gasteiger partial charge is 0.504 e. The first kappa shape index (κ1) is 21.5. The van der Waals surface area contributed by atoms with E-state index in [2.05, 4.69) is 6.58 Å². The van der Waals surface area contributed by atoms with Crippen LogP contribution in [0, 0.1) is 6.92 Å². The van der Waals surface area contributed by atoms with E-state index in [1.165, 1.54) is 12.0 Å². The fourth-order valence-corrected chi connectivity index (χ4v) is 3.84. The third-order valence-corrected chi connectivity index (χ3v) is 5.44. The van der Waals surface area contributed by atoms with Crippen molar-refractivity contribution in [2.45, 2.75) is 13.3 Å². The molecule has 30 heavy (non-hydrogen) atoms. The molecule has 1 N–H and O–H groups in total. The number of imide groups is 1. The fraction of sp³-hybridized carbons (Fsp3) is 0.217. The lowest BCUT2D eigenvalue weighted by Crippen LogP contribution is -2.32. The van der Waals surface area contributed by atoms with E-state index in [0.29, 0.717) is 34.0 Å². The minimum atomic E-state index is -0.366. The second kappa shape index (κ2) is 9.54. The second-order valence-corrected chi connectivity index (χ2v) is 7.71. The van der Waals surface area contributed by atoms with Gasteiger partial charge in [-0.15, -0.1) is 6.58 Å². The molecule has 1 aliphatic rings. The van der Waals surface area contributed by atoms with Gasteiger partial charge in [0.05, 0.1) is 18.6 Å². The van der Waals surface area contributed by atoms with Gasteiger partial charge in [-0.25, -0.2) is 0 Å². The molecule has 1 heterocycles. The molecule has 1 saturated heterocycles. The molecule has 0 aliphatic carbocycles. The number of aryl methyl sites for hydroxylation is 1. The summed E-state index contributed by atoms with van der Waals surface area (Å²) >= 11 is 0.881. The first-order valence-corrected chi connectivity index (χ1v) is 10.2. The maximum absolute atomic E-state index is 12.7. The Morgan fingerprint density at radius 3 is 2.60 bits per heavy atom. The van der Waals surface area contributed by atoms with Gasteiger partial charge in [0, 0.05) is 5.56 Å². The van der Waals surface area contributed by atoms with Crippen LogP contribution < -0.4 is 9.47 Å². The van der Waals surface area contributed by atoms with Crippen LogP contribution in [0.15, 0.2) is 54.0 Å². The maximum atomic E-state index is 12.7. The molecule has 0 aromatic heterocycles. The Bertz CT molecular complexity index is 997. The Morgan fingerprint density at radius 1 is 1.20 bits per heavy atom. The number of phenols is 1. The molecule has 0 unspecified atom stereocenters. The van der Waals surface area contributed by atoms with Crippen molar-refractivity contribution < 1.29 is 24.2 Å². The van der Waals surface area contributed by atoms with E-state index in [-0.39, 0.29) is 30.0 Å². The molecule has 6 nitrogen and oxygen atoms in total. The number of ether oxygens (including phenoxy) is 2. The molecule has 156 valence electrons. The van der Waals surface area contributed by atoms with Crippen LogP contribution in [0.2, 0.25) is 0 Å². The van der Waals surface area contributed by atoms with Crippen LogP contribution >= 0.6 is 11.8 Å². The topological polar surface area (TPSA) is 76.1 Å². The summed E-state index contributed by atoms with van der Waals surface area (Å²) in [6, 6.07) is 10.9. The number of aromatic hydroxyl groups is 1. The van der Waals surface area contributed by atoms with Gasteiger partial charge >= 0.3 is 0 Å². The lowest BCUT2D eigenvalue weighted by molar-refractivity contribution is -0.123. The summed E-state index contributed by atoms with van der Waals surface area (Å²) in [4.78, 5) is 26.5. The zero-order valence-electron chi connectivity index (χ0n) is 16.9. The highest BCUT2D eigenvalue weighted by Gasteiger charge is 2.34. The second-order valence-electron chi connectivity index (χ2n) is 6.72. The van der Waals surface area contributed by atoms with Gasteiger partial charge in [-0.05, 0) is 61.0 Å². The van der Waals surface area contributed by atoms with Crippen molar-refractivity contribution in [1.29, 1.82) is 0 Å². The van der Waals surface area contributed by atoms with E-state index in [4.69, 9.17) is 9.47 Å². The molecule has 0 radical (unpaired) electrons. The van der Waals surface area contributed by atoms with Crippen molar-refractivity contribution in [1.82, 2.24) is 4.90 Å². The number of rotatable bonds is 8. The monoisotopic (exact) mass is 425 g/mol. The summed E-state index contributed by atoms with van der Waals surface area (Å²) in [7, 11) is 1.46. The van der Waals surface area contributed by atoms with Crippen LogP contribution in [0.5, 0.6) is 17.2 Å². The smallest absolute Gasteiger partial charge is 0.293 e.